The summed E-state index contributed by atoms with van der Waals surface area (Å²) in [6, 6.07) is 14.0. The summed E-state index contributed by atoms with van der Waals surface area (Å²) in [6.45, 7) is 8.46. The van der Waals surface area contributed by atoms with E-state index in [4.69, 9.17) is 0 Å². The van der Waals surface area contributed by atoms with Crippen molar-refractivity contribution in [1.82, 2.24) is 14.9 Å². The molecule has 2 heterocycles. The largest absolute Gasteiger partial charge is 0.353 e. The number of nitrogens with one attached hydrogen (secondary N) is 1. The van der Waals surface area contributed by atoms with E-state index in [2.05, 4.69) is 20.2 Å². The quantitative estimate of drug-likeness (QED) is 0.676. The fourth-order valence-corrected chi connectivity index (χ4v) is 3.69. The summed E-state index contributed by atoms with van der Waals surface area (Å²) in [5, 5.41) is 3.03. The second-order valence-electron chi connectivity index (χ2n) is 7.85. The molecule has 0 aliphatic carbocycles. The van der Waals surface area contributed by atoms with Crippen molar-refractivity contribution in [1.29, 1.82) is 0 Å². The van der Waals surface area contributed by atoms with Crippen LogP contribution in [0.5, 0.6) is 0 Å². The highest BCUT2D eigenvalue weighted by molar-refractivity contribution is 5.90. The average Bonchev–Trinajstić information content (AvgIpc) is 2.76. The van der Waals surface area contributed by atoms with Crippen molar-refractivity contribution < 1.29 is 9.18 Å². The Hall–Kier alpha value is -3.48. The molecule has 6 nitrogen and oxygen atoms in total. The van der Waals surface area contributed by atoms with Gasteiger partial charge >= 0.3 is 6.03 Å². The van der Waals surface area contributed by atoms with Gasteiger partial charge in [-0.25, -0.2) is 19.2 Å². The van der Waals surface area contributed by atoms with Crippen LogP contribution in [0.3, 0.4) is 0 Å². The van der Waals surface area contributed by atoms with Crippen LogP contribution in [0, 0.1) is 26.6 Å². The van der Waals surface area contributed by atoms with Crippen LogP contribution in [-0.2, 0) is 0 Å². The Bertz CT molecular complexity index is 1110. The number of aromatic nitrogens is 2. The first-order chi connectivity index (χ1) is 14.9. The topological polar surface area (TPSA) is 61.4 Å². The van der Waals surface area contributed by atoms with Crippen LogP contribution >= 0.6 is 0 Å². The number of carbonyl (C=O) groups excluding carboxylic acids is 1. The number of benzene rings is 2. The zero-order valence-electron chi connectivity index (χ0n) is 18.0. The van der Waals surface area contributed by atoms with Gasteiger partial charge in [0.05, 0.1) is 0 Å². The Kier molecular flexibility index (Phi) is 5.84. The maximum atomic E-state index is 13.6. The van der Waals surface area contributed by atoms with Gasteiger partial charge in [0.25, 0.3) is 0 Å². The summed E-state index contributed by atoms with van der Waals surface area (Å²) in [5.41, 5.74) is 4.54. The van der Waals surface area contributed by atoms with Crippen molar-refractivity contribution in [3.05, 3.63) is 71.2 Å². The van der Waals surface area contributed by atoms with Crippen LogP contribution in [0.15, 0.2) is 48.5 Å². The summed E-state index contributed by atoms with van der Waals surface area (Å²) < 4.78 is 13.6. The Labute approximate surface area is 181 Å². The molecule has 0 spiro atoms. The highest BCUT2D eigenvalue weighted by Crippen LogP contribution is 2.23. The lowest BCUT2D eigenvalue weighted by Crippen LogP contribution is -2.50. The summed E-state index contributed by atoms with van der Waals surface area (Å²) in [5.74, 6) is 0.985. The third-order valence-corrected chi connectivity index (χ3v) is 5.66. The molecule has 1 fully saturated rings. The zero-order valence-corrected chi connectivity index (χ0v) is 18.0. The van der Waals surface area contributed by atoms with Crippen molar-refractivity contribution in [2.24, 2.45) is 0 Å². The van der Waals surface area contributed by atoms with Gasteiger partial charge in [-0.15, -0.1) is 0 Å². The monoisotopic (exact) mass is 419 g/mol. The standard InChI is InChI=1S/C24H26FN5O/c1-16-6-4-9-21(18(16)3)27-24(31)30-12-10-29(11-13-30)22-14-17(2)26-23(28-22)19-7-5-8-20(25)15-19/h4-9,14-15H,10-13H2,1-3H3,(H,27,31). The Morgan fingerprint density at radius 1 is 0.968 bits per heavy atom. The number of hydrogen-bond donors (Lipinski definition) is 1. The van der Waals surface area contributed by atoms with Crippen LogP contribution in [0.2, 0.25) is 0 Å². The number of aryl methyl sites for hydroxylation is 2. The van der Waals surface area contributed by atoms with E-state index in [0.29, 0.717) is 37.6 Å². The number of urea groups is 1. The maximum Gasteiger partial charge on any atom is 0.321 e. The van der Waals surface area contributed by atoms with E-state index >= 15 is 0 Å². The van der Waals surface area contributed by atoms with Gasteiger partial charge in [0.1, 0.15) is 11.6 Å². The van der Waals surface area contributed by atoms with E-state index in [9.17, 15) is 9.18 Å². The van der Waals surface area contributed by atoms with Crippen LogP contribution in [0.1, 0.15) is 16.8 Å². The van der Waals surface area contributed by atoms with Crippen LogP contribution in [-0.4, -0.2) is 47.1 Å². The second-order valence-corrected chi connectivity index (χ2v) is 7.85. The molecule has 0 radical (unpaired) electrons. The first kappa shape index (κ1) is 20.8. The van der Waals surface area contributed by atoms with E-state index in [0.717, 1.165) is 28.3 Å². The van der Waals surface area contributed by atoms with Crippen molar-refractivity contribution in [2.75, 3.05) is 36.4 Å². The molecular formula is C24H26FN5O. The third-order valence-electron chi connectivity index (χ3n) is 5.66. The number of rotatable bonds is 3. The number of carbonyl (C=O) groups is 1. The molecule has 1 aromatic heterocycles. The summed E-state index contributed by atoms with van der Waals surface area (Å²) in [4.78, 5) is 25.8. The highest BCUT2D eigenvalue weighted by atomic mass is 19.1. The van der Waals surface area contributed by atoms with Gasteiger partial charge in [0.2, 0.25) is 0 Å². The molecule has 4 rings (SSSR count). The van der Waals surface area contributed by atoms with Crippen molar-refractivity contribution in [3.63, 3.8) is 0 Å². The first-order valence-electron chi connectivity index (χ1n) is 10.4. The van der Waals surface area contributed by atoms with Crippen LogP contribution < -0.4 is 10.2 Å². The average molecular weight is 420 g/mol. The Morgan fingerprint density at radius 3 is 2.45 bits per heavy atom. The molecule has 160 valence electrons. The second kappa shape index (κ2) is 8.71. The third kappa shape index (κ3) is 4.66. The molecule has 2 amide bonds. The van der Waals surface area contributed by atoms with E-state index in [1.54, 1.807) is 12.1 Å². The molecule has 7 heteroatoms. The Balaban J connectivity index is 1.44. The SMILES string of the molecule is Cc1cc(N2CCN(C(=O)Nc3cccc(C)c3C)CC2)nc(-c2cccc(F)c2)n1. The van der Waals surface area contributed by atoms with E-state index in [-0.39, 0.29) is 11.8 Å². The molecule has 1 aliphatic heterocycles. The fraction of sp³-hybridized carbons (Fsp3) is 0.292. The maximum absolute atomic E-state index is 13.6. The fourth-order valence-electron chi connectivity index (χ4n) is 3.69. The van der Waals surface area contributed by atoms with Gasteiger partial charge in [0, 0.05) is 49.2 Å². The molecule has 2 aromatic carbocycles. The van der Waals surface area contributed by atoms with E-state index < -0.39 is 0 Å². The summed E-state index contributed by atoms with van der Waals surface area (Å²) >= 11 is 0. The molecule has 1 N–H and O–H groups in total. The lowest BCUT2D eigenvalue weighted by atomic mass is 10.1. The Morgan fingerprint density at radius 2 is 1.71 bits per heavy atom. The molecule has 3 aromatic rings. The lowest BCUT2D eigenvalue weighted by Gasteiger charge is -2.35. The first-order valence-corrected chi connectivity index (χ1v) is 10.4. The normalized spacial score (nSPS) is 13.9. The van der Waals surface area contributed by atoms with Gasteiger partial charge in [-0.2, -0.15) is 0 Å². The molecule has 1 aliphatic rings. The highest BCUT2D eigenvalue weighted by Gasteiger charge is 2.23. The minimum atomic E-state index is -0.312. The molecule has 0 saturated carbocycles. The van der Waals surface area contributed by atoms with E-state index in [1.807, 2.05) is 49.9 Å². The van der Waals surface area contributed by atoms with Crippen molar-refractivity contribution in [3.8, 4) is 11.4 Å². The predicted octanol–water partition coefficient (Wildman–Crippen LogP) is 4.56. The van der Waals surface area contributed by atoms with Gasteiger partial charge in [-0.05, 0) is 50.1 Å². The smallest absolute Gasteiger partial charge is 0.321 e. The minimum Gasteiger partial charge on any atom is -0.353 e. The number of nitrogens with zero attached hydrogens (tertiary/aromatic N) is 4. The van der Waals surface area contributed by atoms with Crippen molar-refractivity contribution in [2.45, 2.75) is 20.8 Å². The molecular weight excluding hydrogens is 393 g/mol. The molecule has 31 heavy (non-hydrogen) atoms. The number of halogens is 1. The minimum absolute atomic E-state index is 0.0901. The number of piperazine rings is 1. The number of hydrogen-bond acceptors (Lipinski definition) is 4. The zero-order chi connectivity index (χ0) is 22.0. The van der Waals surface area contributed by atoms with Crippen LogP contribution in [0.25, 0.3) is 11.4 Å². The van der Waals surface area contributed by atoms with Gasteiger partial charge in [-0.3, -0.25) is 0 Å². The molecule has 1 saturated heterocycles. The molecule has 0 unspecified atom stereocenters. The van der Waals surface area contributed by atoms with Gasteiger partial charge < -0.3 is 15.1 Å². The molecule has 0 bridgehead atoms. The van der Waals surface area contributed by atoms with Gasteiger partial charge in [-0.1, -0.05) is 24.3 Å². The predicted molar refractivity (Wildman–Crippen MR) is 121 cm³/mol. The van der Waals surface area contributed by atoms with Gasteiger partial charge in [0.15, 0.2) is 5.82 Å². The number of amides is 2. The lowest BCUT2D eigenvalue weighted by molar-refractivity contribution is 0.208. The number of anilines is 2. The molecule has 0 atom stereocenters. The summed E-state index contributed by atoms with van der Waals surface area (Å²) in [6.07, 6.45) is 0. The van der Waals surface area contributed by atoms with Crippen molar-refractivity contribution >= 4 is 17.5 Å². The van der Waals surface area contributed by atoms with Crippen LogP contribution in [0.4, 0.5) is 20.7 Å². The van der Waals surface area contributed by atoms with E-state index in [1.165, 1.54) is 12.1 Å². The summed E-state index contributed by atoms with van der Waals surface area (Å²) in [7, 11) is 0.